The molecule has 0 heterocycles. The van der Waals surface area contributed by atoms with E-state index < -0.39 is 18.6 Å². The number of terminal acetylenes is 1. The van der Waals surface area contributed by atoms with Gasteiger partial charge in [-0.2, -0.15) is 0 Å². The molecule has 2 aromatic carbocycles. The van der Waals surface area contributed by atoms with Crippen molar-refractivity contribution >= 4 is 18.0 Å². The Morgan fingerprint density at radius 3 is 2.26 bits per heavy atom. The van der Waals surface area contributed by atoms with Gasteiger partial charge in [-0.25, -0.2) is 4.79 Å². The second-order valence-electron chi connectivity index (χ2n) is 7.17. The molecule has 0 aliphatic heterocycles. The van der Waals surface area contributed by atoms with Crippen molar-refractivity contribution in [2.45, 2.75) is 18.8 Å². The molecule has 0 radical (unpaired) electrons. The first kappa shape index (κ1) is 21.9. The molecule has 0 bridgehead atoms. The maximum atomic E-state index is 12.2. The van der Waals surface area contributed by atoms with Gasteiger partial charge in [-0.3, -0.25) is 9.59 Å². The Balaban J connectivity index is 1.53. The minimum Gasteiger partial charge on any atom is -0.480 e. The summed E-state index contributed by atoms with van der Waals surface area (Å²) in [7, 11) is 0. The minimum absolute atomic E-state index is 0.0491. The first-order chi connectivity index (χ1) is 15.0. The van der Waals surface area contributed by atoms with E-state index in [1.165, 1.54) is 0 Å². The monoisotopic (exact) mass is 420 g/mol. The zero-order valence-corrected chi connectivity index (χ0v) is 17.0. The van der Waals surface area contributed by atoms with Gasteiger partial charge in [0.25, 0.3) is 0 Å². The zero-order valence-electron chi connectivity index (χ0n) is 17.0. The molecule has 7 heteroatoms. The molecule has 0 unspecified atom stereocenters. The van der Waals surface area contributed by atoms with Crippen molar-refractivity contribution in [1.29, 1.82) is 0 Å². The van der Waals surface area contributed by atoms with Gasteiger partial charge in [0.05, 0.1) is 0 Å². The number of nitrogens with zero attached hydrogens (tertiary/aromatic N) is 1. The van der Waals surface area contributed by atoms with Crippen LogP contribution >= 0.6 is 0 Å². The molecular formula is C24H24N2O5. The average molecular weight is 420 g/mol. The quantitative estimate of drug-likeness (QED) is 0.608. The van der Waals surface area contributed by atoms with Crippen molar-refractivity contribution in [3.63, 3.8) is 0 Å². The molecule has 2 amide bonds. The van der Waals surface area contributed by atoms with Crippen LogP contribution in [-0.2, 0) is 14.3 Å². The van der Waals surface area contributed by atoms with Crippen molar-refractivity contribution in [3.8, 4) is 23.5 Å². The third-order valence-corrected chi connectivity index (χ3v) is 5.16. The van der Waals surface area contributed by atoms with Crippen LogP contribution in [-0.4, -0.2) is 54.2 Å². The molecule has 0 aromatic heterocycles. The fourth-order valence-corrected chi connectivity index (χ4v) is 3.73. The van der Waals surface area contributed by atoms with E-state index in [-0.39, 0.29) is 44.4 Å². The van der Waals surface area contributed by atoms with Gasteiger partial charge in [0, 0.05) is 31.8 Å². The number of carbonyl (C=O) groups is 3. The predicted molar refractivity (Wildman–Crippen MR) is 115 cm³/mol. The van der Waals surface area contributed by atoms with E-state index in [1.54, 1.807) is 0 Å². The molecule has 160 valence electrons. The predicted octanol–water partition coefficient (Wildman–Crippen LogP) is 2.85. The smallest absolute Gasteiger partial charge is 0.407 e. The van der Waals surface area contributed by atoms with Crippen LogP contribution in [0.15, 0.2) is 48.5 Å². The van der Waals surface area contributed by atoms with Crippen LogP contribution < -0.4 is 5.32 Å². The number of nitrogens with one attached hydrogen (secondary N) is 1. The minimum atomic E-state index is -1.13. The molecule has 0 saturated carbocycles. The lowest BCUT2D eigenvalue weighted by Crippen LogP contribution is -2.41. The molecule has 0 fully saturated rings. The number of fused-ring (bicyclic) bond motifs is 3. The fourth-order valence-electron chi connectivity index (χ4n) is 3.73. The standard InChI is InChI=1S/C24H24N2O5/c1-2-3-12-22(27)26(15-23(28)29)14-13-25-24(30)31-16-21-19-10-6-4-8-17(19)18-9-5-7-11-20(18)21/h1,4-11,21H,3,12-16H2,(H,25,30)(H,28,29). The highest BCUT2D eigenvalue weighted by atomic mass is 16.5. The number of rotatable bonds is 9. The third-order valence-electron chi connectivity index (χ3n) is 5.16. The highest BCUT2D eigenvalue weighted by Crippen LogP contribution is 2.44. The number of hydrogen-bond acceptors (Lipinski definition) is 4. The van der Waals surface area contributed by atoms with Crippen LogP contribution in [0.2, 0.25) is 0 Å². The van der Waals surface area contributed by atoms with Gasteiger partial charge in [0.1, 0.15) is 13.2 Å². The van der Waals surface area contributed by atoms with Crippen LogP contribution in [0.3, 0.4) is 0 Å². The fraction of sp³-hybridized carbons (Fsp3) is 0.292. The van der Waals surface area contributed by atoms with Crippen LogP contribution in [0.5, 0.6) is 0 Å². The molecule has 0 spiro atoms. The molecular weight excluding hydrogens is 396 g/mol. The van der Waals surface area contributed by atoms with E-state index in [9.17, 15) is 14.4 Å². The van der Waals surface area contributed by atoms with Gasteiger partial charge < -0.3 is 20.1 Å². The van der Waals surface area contributed by atoms with Crippen molar-refractivity contribution in [3.05, 3.63) is 59.7 Å². The van der Waals surface area contributed by atoms with Crippen molar-refractivity contribution in [1.82, 2.24) is 10.2 Å². The largest absolute Gasteiger partial charge is 0.480 e. The lowest BCUT2D eigenvalue weighted by atomic mass is 9.98. The molecule has 0 atom stereocenters. The number of carboxylic acid groups (broad SMARTS) is 1. The molecule has 1 aliphatic rings. The Kier molecular flexibility index (Phi) is 7.28. The molecule has 7 nitrogen and oxygen atoms in total. The highest BCUT2D eigenvalue weighted by Gasteiger charge is 2.29. The molecule has 1 aliphatic carbocycles. The van der Waals surface area contributed by atoms with Gasteiger partial charge in [-0.15, -0.1) is 12.3 Å². The summed E-state index contributed by atoms with van der Waals surface area (Å²) in [6, 6.07) is 16.1. The highest BCUT2D eigenvalue weighted by molar-refractivity contribution is 5.81. The maximum Gasteiger partial charge on any atom is 0.407 e. The summed E-state index contributed by atoms with van der Waals surface area (Å²) in [6.45, 7) is -0.138. The Morgan fingerprint density at radius 2 is 1.68 bits per heavy atom. The van der Waals surface area contributed by atoms with E-state index in [1.807, 2.05) is 36.4 Å². The molecule has 31 heavy (non-hydrogen) atoms. The number of benzene rings is 2. The van der Waals surface area contributed by atoms with Gasteiger partial charge >= 0.3 is 12.1 Å². The Hall–Kier alpha value is -3.79. The summed E-state index contributed by atoms with van der Waals surface area (Å²) >= 11 is 0. The molecule has 3 rings (SSSR count). The number of aliphatic carboxylic acids is 1. The first-order valence-electron chi connectivity index (χ1n) is 10.0. The topological polar surface area (TPSA) is 95.9 Å². The van der Waals surface area contributed by atoms with Crippen molar-refractivity contribution < 1.29 is 24.2 Å². The van der Waals surface area contributed by atoms with E-state index in [0.717, 1.165) is 27.2 Å². The maximum absolute atomic E-state index is 12.2. The molecule has 2 N–H and O–H groups in total. The number of amides is 2. The van der Waals surface area contributed by atoms with Crippen LogP contribution in [0, 0.1) is 12.3 Å². The van der Waals surface area contributed by atoms with Crippen LogP contribution in [0.1, 0.15) is 29.9 Å². The second kappa shape index (κ2) is 10.3. The lowest BCUT2D eigenvalue weighted by molar-refractivity contribution is -0.144. The lowest BCUT2D eigenvalue weighted by Gasteiger charge is -2.20. The SMILES string of the molecule is C#CCCC(=O)N(CCNC(=O)OCC1c2ccccc2-c2ccccc21)CC(=O)O. The summed E-state index contributed by atoms with van der Waals surface area (Å²) in [5.74, 6) is 0.810. The van der Waals surface area contributed by atoms with Gasteiger partial charge in [0.2, 0.25) is 5.91 Å². The van der Waals surface area contributed by atoms with Gasteiger partial charge in [-0.05, 0) is 22.3 Å². The summed E-state index contributed by atoms with van der Waals surface area (Å²) in [5.41, 5.74) is 4.51. The Labute approximate surface area is 181 Å². The molecule has 2 aromatic rings. The van der Waals surface area contributed by atoms with E-state index >= 15 is 0 Å². The number of alkyl carbamates (subject to hydrolysis) is 1. The summed E-state index contributed by atoms with van der Waals surface area (Å²) < 4.78 is 5.43. The van der Waals surface area contributed by atoms with E-state index in [0.29, 0.717) is 0 Å². The van der Waals surface area contributed by atoms with E-state index in [4.69, 9.17) is 16.3 Å². The normalized spacial score (nSPS) is 11.7. The third kappa shape index (κ3) is 5.43. The Bertz CT molecular complexity index is 966. The number of carboxylic acids is 1. The van der Waals surface area contributed by atoms with Crippen molar-refractivity contribution in [2.24, 2.45) is 0 Å². The van der Waals surface area contributed by atoms with Crippen molar-refractivity contribution in [2.75, 3.05) is 26.2 Å². The first-order valence-corrected chi connectivity index (χ1v) is 10.0. The number of ether oxygens (including phenoxy) is 1. The summed E-state index contributed by atoms with van der Waals surface area (Å²) in [4.78, 5) is 36.4. The summed E-state index contributed by atoms with van der Waals surface area (Å²) in [6.07, 6.45) is 4.83. The van der Waals surface area contributed by atoms with Crippen LogP contribution in [0.4, 0.5) is 4.79 Å². The summed E-state index contributed by atoms with van der Waals surface area (Å²) in [5, 5.41) is 11.6. The Morgan fingerprint density at radius 1 is 1.06 bits per heavy atom. The number of hydrogen-bond donors (Lipinski definition) is 2. The average Bonchev–Trinajstić information content (AvgIpc) is 3.09. The van der Waals surface area contributed by atoms with Crippen LogP contribution in [0.25, 0.3) is 11.1 Å². The van der Waals surface area contributed by atoms with E-state index in [2.05, 4.69) is 23.4 Å². The van der Waals surface area contributed by atoms with Gasteiger partial charge in [0.15, 0.2) is 0 Å². The zero-order chi connectivity index (χ0) is 22.2. The van der Waals surface area contributed by atoms with Gasteiger partial charge in [-0.1, -0.05) is 48.5 Å². The number of carbonyl (C=O) groups excluding carboxylic acids is 2. The molecule has 0 saturated heterocycles. The second-order valence-corrected chi connectivity index (χ2v) is 7.17.